The van der Waals surface area contributed by atoms with Crippen LogP contribution in [-0.2, 0) is 20.8 Å². The standard InChI is InChI=1S/C23H27N3O7.CH4O.ClH/c1-25(2)12-5-6-13(27)15-10(12)7-9-8-11-17(26(3)4)19(29)16(22(24)32)21(31)23(11,33)20(30)14(9)18(15)28;1-2;/h5-6,9,11,17,27-28,31,33H,7-8H2,1-4H3,(H2,24,32);2H,1H3;1H/t9-,11-,17-,23-;;/m0../s1. The van der Waals surface area contributed by atoms with Crippen molar-refractivity contribution >= 4 is 41.3 Å². The van der Waals surface area contributed by atoms with Crippen LogP contribution in [0.3, 0.4) is 0 Å². The molecule has 0 radical (unpaired) electrons. The highest BCUT2D eigenvalue weighted by molar-refractivity contribution is 6.24. The normalized spacial score (nSPS) is 26.8. The molecule has 198 valence electrons. The predicted octanol–water partition coefficient (Wildman–Crippen LogP) is 0.0603. The molecule has 1 amide bonds. The van der Waals surface area contributed by atoms with Gasteiger partial charge in [-0.2, -0.15) is 0 Å². The minimum atomic E-state index is -2.63. The third-order valence-electron chi connectivity index (χ3n) is 7.06. The SMILES string of the molecule is CN(C)c1ccc(O)c2c1C[C@H]1C[C@H]3[C@H](N(C)C)C(=O)C(C(N)=O)=C(O)[C@@]3(O)C(=O)C1=C2O.CO.Cl. The van der Waals surface area contributed by atoms with Crippen LogP contribution in [0.15, 0.2) is 29.0 Å². The Labute approximate surface area is 214 Å². The van der Waals surface area contributed by atoms with Gasteiger partial charge < -0.3 is 36.2 Å². The number of amides is 1. The highest BCUT2D eigenvalue weighted by atomic mass is 35.5. The van der Waals surface area contributed by atoms with Gasteiger partial charge >= 0.3 is 0 Å². The number of aromatic hydroxyl groups is 1. The Morgan fingerprint density at radius 3 is 2.17 bits per heavy atom. The molecule has 0 bridgehead atoms. The molecule has 1 saturated carbocycles. The number of aliphatic hydroxyl groups is 4. The molecular formula is C24H32ClN3O8. The van der Waals surface area contributed by atoms with E-state index < -0.39 is 58.0 Å². The molecule has 0 aliphatic heterocycles. The summed E-state index contributed by atoms with van der Waals surface area (Å²) in [6, 6.07) is 2.01. The number of likely N-dealkylation sites (N-methyl/N-ethyl adjacent to an activating group) is 1. The van der Waals surface area contributed by atoms with Crippen LogP contribution in [0.4, 0.5) is 5.69 Å². The van der Waals surface area contributed by atoms with E-state index in [-0.39, 0.29) is 42.1 Å². The van der Waals surface area contributed by atoms with Gasteiger partial charge in [-0.3, -0.25) is 19.3 Å². The first-order valence-corrected chi connectivity index (χ1v) is 11.0. The number of benzene rings is 1. The summed E-state index contributed by atoms with van der Waals surface area (Å²) in [5.74, 6) is -6.54. The topological polar surface area (TPSA) is 185 Å². The molecule has 4 rings (SSSR count). The Kier molecular flexibility index (Phi) is 8.16. The number of anilines is 1. The number of carbonyl (C=O) groups is 3. The number of phenols is 1. The van der Waals surface area contributed by atoms with Crippen LogP contribution in [0.5, 0.6) is 5.75 Å². The van der Waals surface area contributed by atoms with Crippen molar-refractivity contribution in [2.45, 2.75) is 24.5 Å². The van der Waals surface area contributed by atoms with Gasteiger partial charge in [-0.1, -0.05) is 0 Å². The molecule has 1 aromatic carbocycles. The maximum Gasteiger partial charge on any atom is 0.255 e. The summed E-state index contributed by atoms with van der Waals surface area (Å²) in [5.41, 5.74) is 3.15. The number of aliphatic hydroxyl groups excluding tert-OH is 3. The predicted molar refractivity (Wildman–Crippen MR) is 134 cm³/mol. The van der Waals surface area contributed by atoms with E-state index in [1.807, 2.05) is 19.0 Å². The van der Waals surface area contributed by atoms with Crippen LogP contribution < -0.4 is 10.6 Å². The second-order valence-electron chi connectivity index (χ2n) is 9.31. The highest BCUT2D eigenvalue weighted by Gasteiger charge is 2.64. The zero-order chi connectivity index (χ0) is 26.6. The summed E-state index contributed by atoms with van der Waals surface area (Å²) >= 11 is 0. The molecule has 0 saturated heterocycles. The van der Waals surface area contributed by atoms with E-state index in [1.54, 1.807) is 20.2 Å². The Morgan fingerprint density at radius 2 is 1.67 bits per heavy atom. The van der Waals surface area contributed by atoms with Gasteiger partial charge in [-0.15, -0.1) is 12.4 Å². The zero-order valence-corrected chi connectivity index (χ0v) is 21.5. The fraction of sp³-hybridized carbons (Fsp3) is 0.458. The van der Waals surface area contributed by atoms with E-state index in [4.69, 9.17) is 10.8 Å². The van der Waals surface area contributed by atoms with Crippen molar-refractivity contribution in [3.63, 3.8) is 0 Å². The molecule has 0 aromatic heterocycles. The molecule has 36 heavy (non-hydrogen) atoms. The number of hydrogen-bond acceptors (Lipinski definition) is 10. The first-order valence-electron chi connectivity index (χ1n) is 11.0. The first kappa shape index (κ1) is 29.1. The summed E-state index contributed by atoms with van der Waals surface area (Å²) in [4.78, 5) is 42.0. The van der Waals surface area contributed by atoms with Crippen LogP contribution in [0.25, 0.3) is 5.76 Å². The largest absolute Gasteiger partial charge is 0.508 e. The van der Waals surface area contributed by atoms with Gasteiger partial charge in [0.2, 0.25) is 5.78 Å². The number of nitrogens with zero attached hydrogens (tertiary/aromatic N) is 2. The number of carbonyl (C=O) groups excluding carboxylic acids is 3. The van der Waals surface area contributed by atoms with Crippen molar-refractivity contribution in [2.75, 3.05) is 40.2 Å². The Bertz CT molecular complexity index is 1180. The number of nitrogens with two attached hydrogens (primary N) is 1. The maximum atomic E-state index is 13.7. The molecular weight excluding hydrogens is 494 g/mol. The number of phenolic OH excluding ortho intramolecular Hbond substituents is 1. The number of halogens is 1. The minimum Gasteiger partial charge on any atom is -0.508 e. The van der Waals surface area contributed by atoms with Crippen LogP contribution in [-0.4, -0.2) is 94.8 Å². The number of fused-ring (bicyclic) bond motifs is 3. The van der Waals surface area contributed by atoms with Gasteiger partial charge in [0.15, 0.2) is 11.4 Å². The van der Waals surface area contributed by atoms with E-state index in [9.17, 15) is 34.8 Å². The van der Waals surface area contributed by atoms with Crippen molar-refractivity contribution in [1.29, 1.82) is 0 Å². The van der Waals surface area contributed by atoms with Crippen molar-refractivity contribution in [3.8, 4) is 5.75 Å². The molecule has 3 aliphatic carbocycles. The molecule has 1 fully saturated rings. The van der Waals surface area contributed by atoms with Crippen LogP contribution in [0.1, 0.15) is 17.5 Å². The lowest BCUT2D eigenvalue weighted by molar-refractivity contribution is -0.153. The Balaban J connectivity index is 0.00000148. The van der Waals surface area contributed by atoms with Gasteiger partial charge in [0, 0.05) is 38.4 Å². The second-order valence-corrected chi connectivity index (χ2v) is 9.31. The average Bonchev–Trinajstić information content (AvgIpc) is 2.77. The van der Waals surface area contributed by atoms with Crippen LogP contribution in [0.2, 0.25) is 0 Å². The minimum absolute atomic E-state index is 0. The summed E-state index contributed by atoms with van der Waals surface area (Å²) in [6.45, 7) is 0. The molecule has 0 heterocycles. The fourth-order valence-corrected chi connectivity index (χ4v) is 5.65. The maximum absolute atomic E-state index is 13.7. The molecule has 7 N–H and O–H groups in total. The molecule has 1 aromatic rings. The third kappa shape index (κ3) is 3.92. The number of rotatable bonds is 3. The van der Waals surface area contributed by atoms with Gasteiger partial charge in [0.05, 0.1) is 11.6 Å². The lowest BCUT2D eigenvalue weighted by Gasteiger charge is -2.50. The van der Waals surface area contributed by atoms with Gasteiger partial charge in [0.25, 0.3) is 5.91 Å². The Morgan fingerprint density at radius 1 is 1.08 bits per heavy atom. The third-order valence-corrected chi connectivity index (χ3v) is 7.06. The summed E-state index contributed by atoms with van der Waals surface area (Å²) in [6.07, 6.45) is 0.324. The number of hydrogen-bond donors (Lipinski definition) is 6. The molecule has 4 atom stereocenters. The summed E-state index contributed by atoms with van der Waals surface area (Å²) in [5, 5.41) is 50.9. The molecule has 3 aliphatic rings. The number of ketones is 2. The monoisotopic (exact) mass is 525 g/mol. The average molecular weight is 526 g/mol. The smallest absolute Gasteiger partial charge is 0.255 e. The summed E-state index contributed by atoms with van der Waals surface area (Å²) < 4.78 is 0. The van der Waals surface area contributed by atoms with Crippen molar-refractivity contribution in [3.05, 3.63) is 40.2 Å². The molecule has 12 heteroatoms. The van der Waals surface area contributed by atoms with E-state index in [1.165, 1.54) is 11.0 Å². The van der Waals surface area contributed by atoms with Crippen molar-refractivity contribution in [2.24, 2.45) is 17.6 Å². The van der Waals surface area contributed by atoms with Crippen LogP contribution >= 0.6 is 12.4 Å². The summed E-state index contributed by atoms with van der Waals surface area (Å²) in [7, 11) is 7.75. The second kappa shape index (κ2) is 10.1. The first-order chi connectivity index (χ1) is 16.3. The van der Waals surface area contributed by atoms with E-state index in [0.717, 1.165) is 12.8 Å². The molecule has 11 nitrogen and oxygen atoms in total. The number of Topliss-reactive ketones (excluding diaryl/α,β-unsaturated/α-hetero) is 2. The van der Waals surface area contributed by atoms with E-state index >= 15 is 0 Å². The Hall–Kier alpha value is -3.12. The van der Waals surface area contributed by atoms with E-state index in [2.05, 4.69) is 0 Å². The molecule has 0 unspecified atom stereocenters. The quantitative estimate of drug-likeness (QED) is 0.295. The highest BCUT2D eigenvalue weighted by Crippen LogP contribution is 2.53. The van der Waals surface area contributed by atoms with Crippen LogP contribution in [0, 0.1) is 11.8 Å². The van der Waals surface area contributed by atoms with Crippen molar-refractivity contribution < 1.29 is 39.9 Å². The lowest BCUT2D eigenvalue weighted by Crippen LogP contribution is -2.65. The van der Waals surface area contributed by atoms with Gasteiger partial charge in [0.1, 0.15) is 22.8 Å². The lowest BCUT2D eigenvalue weighted by atomic mass is 9.57. The molecule has 0 spiro atoms. The van der Waals surface area contributed by atoms with Gasteiger partial charge in [-0.05, 0) is 50.6 Å². The zero-order valence-electron chi connectivity index (χ0n) is 20.6. The number of primary amides is 1. The van der Waals surface area contributed by atoms with Gasteiger partial charge in [-0.25, -0.2) is 0 Å². The van der Waals surface area contributed by atoms with Crippen molar-refractivity contribution in [1.82, 2.24) is 4.90 Å². The fourth-order valence-electron chi connectivity index (χ4n) is 5.65. The van der Waals surface area contributed by atoms with E-state index in [0.29, 0.717) is 5.56 Å².